The molecule has 0 aromatic heterocycles. The Labute approximate surface area is 164 Å². The molecular weight excluding hydrogens is 394 g/mol. The first kappa shape index (κ1) is 20.3. The van der Waals surface area contributed by atoms with Gasteiger partial charge in [0.05, 0.1) is 24.5 Å². The summed E-state index contributed by atoms with van der Waals surface area (Å²) < 4.78 is 12.4. The van der Waals surface area contributed by atoms with Gasteiger partial charge in [-0.15, -0.1) is 0 Å². The molecule has 1 amide bonds. The Hall–Kier alpha value is -2.01. The van der Waals surface area contributed by atoms with Gasteiger partial charge in [0.1, 0.15) is 11.5 Å². The van der Waals surface area contributed by atoms with Crippen LogP contribution < -0.4 is 14.8 Å². The van der Waals surface area contributed by atoms with Gasteiger partial charge in [0.15, 0.2) is 0 Å². The van der Waals surface area contributed by atoms with Crippen molar-refractivity contribution in [2.45, 2.75) is 33.6 Å². The summed E-state index contributed by atoms with van der Waals surface area (Å²) >= 11 is 3.43. The maximum absolute atomic E-state index is 12.8. The highest BCUT2D eigenvalue weighted by Gasteiger charge is 2.16. The Morgan fingerprint density at radius 3 is 2.62 bits per heavy atom. The van der Waals surface area contributed by atoms with E-state index < -0.39 is 0 Å². The lowest BCUT2D eigenvalue weighted by Crippen LogP contribution is -2.16. The van der Waals surface area contributed by atoms with Gasteiger partial charge in [0.2, 0.25) is 0 Å². The molecule has 0 aliphatic carbocycles. The summed E-state index contributed by atoms with van der Waals surface area (Å²) in [4.78, 5) is 12.8. The number of nitrogens with one attached hydrogen (secondary N) is 1. The van der Waals surface area contributed by atoms with Crippen molar-refractivity contribution in [1.29, 1.82) is 0 Å². The first-order valence-corrected chi connectivity index (χ1v) is 9.76. The van der Waals surface area contributed by atoms with Crippen LogP contribution in [0.3, 0.4) is 0 Å². The number of rotatable bonds is 9. The zero-order chi connectivity index (χ0) is 18.9. The largest absolute Gasteiger partial charge is 0.492 e. The number of carbonyl (C=O) groups excluding carboxylic acids is 1. The predicted octanol–water partition coefficient (Wildman–Crippen LogP) is 5.92. The maximum Gasteiger partial charge on any atom is 0.259 e. The van der Waals surface area contributed by atoms with Crippen molar-refractivity contribution in [1.82, 2.24) is 0 Å². The highest BCUT2D eigenvalue weighted by molar-refractivity contribution is 9.10. The van der Waals surface area contributed by atoms with Crippen molar-refractivity contribution < 1.29 is 14.3 Å². The summed E-state index contributed by atoms with van der Waals surface area (Å²) in [5.74, 6) is 1.40. The second-order valence-electron chi connectivity index (χ2n) is 6.50. The van der Waals surface area contributed by atoms with Crippen molar-refractivity contribution in [3.8, 4) is 11.5 Å². The van der Waals surface area contributed by atoms with Crippen LogP contribution in [0, 0.1) is 5.92 Å². The molecule has 0 spiro atoms. The normalized spacial score (nSPS) is 10.7. The zero-order valence-corrected chi connectivity index (χ0v) is 17.1. The number of halogens is 1. The average molecular weight is 420 g/mol. The number of ether oxygens (including phenoxy) is 2. The third kappa shape index (κ3) is 6.06. The molecule has 0 saturated heterocycles. The van der Waals surface area contributed by atoms with Gasteiger partial charge in [0, 0.05) is 4.47 Å². The fourth-order valence-electron chi connectivity index (χ4n) is 2.27. The number of anilines is 1. The lowest BCUT2D eigenvalue weighted by Gasteiger charge is -2.15. The van der Waals surface area contributed by atoms with Crippen LogP contribution in [0.25, 0.3) is 0 Å². The summed E-state index contributed by atoms with van der Waals surface area (Å²) in [5, 5.41) is 2.94. The van der Waals surface area contributed by atoms with Crippen molar-refractivity contribution in [3.05, 3.63) is 52.5 Å². The molecule has 26 heavy (non-hydrogen) atoms. The maximum atomic E-state index is 12.8. The zero-order valence-electron chi connectivity index (χ0n) is 15.5. The topological polar surface area (TPSA) is 47.6 Å². The molecule has 0 atom stereocenters. The van der Waals surface area contributed by atoms with Gasteiger partial charge < -0.3 is 14.8 Å². The number of amides is 1. The van der Waals surface area contributed by atoms with E-state index in [4.69, 9.17) is 9.47 Å². The molecule has 2 aromatic rings. The molecule has 1 N–H and O–H groups in total. The van der Waals surface area contributed by atoms with Crippen molar-refractivity contribution in [2.75, 3.05) is 18.5 Å². The minimum atomic E-state index is -0.225. The number of unbranched alkanes of at least 4 members (excludes halogenated alkanes) is 1. The highest BCUT2D eigenvalue weighted by atomic mass is 79.9. The Morgan fingerprint density at radius 2 is 1.88 bits per heavy atom. The van der Waals surface area contributed by atoms with Crippen LogP contribution in [0.4, 0.5) is 5.69 Å². The fraction of sp³-hybridized carbons (Fsp3) is 0.381. The van der Waals surface area contributed by atoms with E-state index in [1.54, 1.807) is 6.07 Å². The molecule has 2 aromatic carbocycles. The summed E-state index contributed by atoms with van der Waals surface area (Å²) in [6.07, 6.45) is 2.03. The molecule has 0 fully saturated rings. The summed E-state index contributed by atoms with van der Waals surface area (Å²) in [5.41, 5.74) is 1.15. The van der Waals surface area contributed by atoms with Crippen LogP contribution in [0.2, 0.25) is 0 Å². The first-order valence-electron chi connectivity index (χ1n) is 8.96. The number of para-hydroxylation sites is 2. The van der Waals surface area contributed by atoms with Gasteiger partial charge in [0.25, 0.3) is 5.91 Å². The van der Waals surface area contributed by atoms with Crippen LogP contribution in [0.5, 0.6) is 11.5 Å². The van der Waals surface area contributed by atoms with Crippen LogP contribution in [0.15, 0.2) is 46.9 Å². The second-order valence-corrected chi connectivity index (χ2v) is 7.41. The number of carbonyl (C=O) groups is 1. The smallest absolute Gasteiger partial charge is 0.259 e. The Balaban J connectivity index is 2.18. The number of hydrogen-bond donors (Lipinski definition) is 1. The third-order valence-corrected chi connectivity index (χ3v) is 4.14. The lowest BCUT2D eigenvalue weighted by atomic mass is 10.1. The molecule has 140 valence electrons. The fourth-order valence-corrected chi connectivity index (χ4v) is 2.63. The van der Waals surface area contributed by atoms with Crippen LogP contribution >= 0.6 is 15.9 Å². The van der Waals surface area contributed by atoms with Gasteiger partial charge >= 0.3 is 0 Å². The first-order chi connectivity index (χ1) is 12.5. The van der Waals surface area contributed by atoms with E-state index >= 15 is 0 Å². The monoisotopic (exact) mass is 419 g/mol. The van der Waals surface area contributed by atoms with Gasteiger partial charge in [-0.3, -0.25) is 4.79 Å². The van der Waals surface area contributed by atoms with Crippen molar-refractivity contribution in [2.24, 2.45) is 5.92 Å². The van der Waals surface area contributed by atoms with E-state index in [1.165, 1.54) is 0 Å². The Bertz CT molecular complexity index is 731. The van der Waals surface area contributed by atoms with E-state index in [9.17, 15) is 4.79 Å². The molecule has 2 rings (SSSR count). The quantitative estimate of drug-likeness (QED) is 0.513. The molecule has 0 saturated carbocycles. The minimum Gasteiger partial charge on any atom is -0.492 e. The van der Waals surface area contributed by atoms with E-state index in [0.29, 0.717) is 41.9 Å². The average Bonchev–Trinajstić information content (AvgIpc) is 2.62. The molecule has 0 heterocycles. The number of benzene rings is 2. The molecule has 4 nitrogen and oxygen atoms in total. The Morgan fingerprint density at radius 1 is 1.12 bits per heavy atom. The van der Waals surface area contributed by atoms with E-state index in [0.717, 1.165) is 17.3 Å². The lowest BCUT2D eigenvalue weighted by molar-refractivity contribution is 0.102. The number of hydrogen-bond acceptors (Lipinski definition) is 3. The van der Waals surface area contributed by atoms with Crippen molar-refractivity contribution in [3.63, 3.8) is 0 Å². The van der Waals surface area contributed by atoms with Gasteiger partial charge in [-0.2, -0.15) is 0 Å². The molecule has 0 aliphatic heterocycles. The summed E-state index contributed by atoms with van der Waals surface area (Å²) in [6, 6.07) is 12.9. The van der Waals surface area contributed by atoms with Crippen LogP contribution in [-0.2, 0) is 0 Å². The third-order valence-electron chi connectivity index (χ3n) is 3.65. The van der Waals surface area contributed by atoms with Gasteiger partial charge in [-0.05, 0) is 42.7 Å². The van der Waals surface area contributed by atoms with E-state index in [1.807, 2.05) is 36.4 Å². The minimum absolute atomic E-state index is 0.225. The molecule has 0 unspecified atom stereocenters. The standard InChI is InChI=1S/C21H26BrNO3/c1-4-5-12-25-20-9-7-6-8-18(20)23-21(24)17-13-16(22)10-11-19(17)26-14-15(2)3/h6-11,13,15H,4-5,12,14H2,1-3H3,(H,23,24). The Kier molecular flexibility index (Phi) is 7.98. The molecule has 5 heteroatoms. The van der Waals surface area contributed by atoms with E-state index in [2.05, 4.69) is 42.0 Å². The van der Waals surface area contributed by atoms with Gasteiger partial charge in [-0.25, -0.2) is 0 Å². The van der Waals surface area contributed by atoms with Crippen LogP contribution in [-0.4, -0.2) is 19.1 Å². The second kappa shape index (κ2) is 10.2. The molecule has 0 radical (unpaired) electrons. The van der Waals surface area contributed by atoms with Crippen molar-refractivity contribution >= 4 is 27.5 Å². The SMILES string of the molecule is CCCCOc1ccccc1NC(=O)c1cc(Br)ccc1OCC(C)C. The van der Waals surface area contributed by atoms with Gasteiger partial charge in [-0.1, -0.05) is 55.3 Å². The molecule has 0 aliphatic rings. The van der Waals surface area contributed by atoms with Crippen LogP contribution in [0.1, 0.15) is 44.0 Å². The van der Waals surface area contributed by atoms with E-state index in [-0.39, 0.29) is 5.91 Å². The highest BCUT2D eigenvalue weighted by Crippen LogP contribution is 2.28. The molecule has 0 bridgehead atoms. The summed E-state index contributed by atoms with van der Waals surface area (Å²) in [7, 11) is 0. The molecular formula is C21H26BrNO3. The predicted molar refractivity (Wildman–Crippen MR) is 109 cm³/mol. The summed E-state index contributed by atoms with van der Waals surface area (Å²) in [6.45, 7) is 7.44.